The number of aliphatic hydroxyl groups excluding tert-OH is 1. The van der Waals surface area contributed by atoms with Crippen LogP contribution in [0, 0.1) is 2.88 Å². The Balaban J connectivity index is 2.22. The Hall–Kier alpha value is -0.660. The van der Waals surface area contributed by atoms with Crippen LogP contribution < -0.4 is 4.74 Å². The van der Waals surface area contributed by atoms with Gasteiger partial charge >= 0.3 is 0 Å². The van der Waals surface area contributed by atoms with Crippen molar-refractivity contribution >= 4 is 33.9 Å². The van der Waals surface area contributed by atoms with E-state index in [4.69, 9.17) is 4.74 Å². The number of aliphatic hydroxyl groups is 1. The molecule has 0 saturated carbocycles. The molecule has 0 aliphatic rings. The highest BCUT2D eigenvalue weighted by Crippen LogP contribution is 2.28. The van der Waals surface area contributed by atoms with Crippen molar-refractivity contribution in [3.8, 4) is 5.75 Å². The van der Waals surface area contributed by atoms with E-state index in [1.165, 1.54) is 0 Å². The fourth-order valence-corrected chi connectivity index (χ4v) is 2.97. The zero-order chi connectivity index (χ0) is 13.1. The minimum atomic E-state index is -0.645. The standard InChI is InChI=1S/C13H14INO2S/c1-8(2)17-11-3-9(5-15-6-11)13(16)10-4-12(14)18-7-10/h3-8,13,16H,1-2H3. The Labute approximate surface area is 124 Å². The van der Waals surface area contributed by atoms with Crippen molar-refractivity contribution in [1.82, 2.24) is 4.98 Å². The number of hydrogen-bond donors (Lipinski definition) is 1. The second-order valence-electron chi connectivity index (χ2n) is 4.21. The van der Waals surface area contributed by atoms with E-state index >= 15 is 0 Å². The maximum atomic E-state index is 10.3. The van der Waals surface area contributed by atoms with Gasteiger partial charge in [-0.05, 0) is 59.5 Å². The van der Waals surface area contributed by atoms with E-state index in [2.05, 4.69) is 27.6 Å². The van der Waals surface area contributed by atoms with E-state index in [9.17, 15) is 5.11 Å². The van der Waals surface area contributed by atoms with Crippen molar-refractivity contribution in [3.63, 3.8) is 0 Å². The number of rotatable bonds is 4. The average Bonchev–Trinajstić information content (AvgIpc) is 2.74. The Morgan fingerprint density at radius 2 is 2.06 bits per heavy atom. The van der Waals surface area contributed by atoms with Gasteiger partial charge in [-0.3, -0.25) is 4.98 Å². The van der Waals surface area contributed by atoms with Crippen molar-refractivity contribution in [2.75, 3.05) is 0 Å². The number of aromatic nitrogens is 1. The summed E-state index contributed by atoms with van der Waals surface area (Å²) in [7, 11) is 0. The second-order valence-corrected chi connectivity index (χ2v) is 7.01. The third kappa shape index (κ3) is 3.43. The van der Waals surface area contributed by atoms with Crippen LogP contribution in [0.25, 0.3) is 0 Å². The first-order valence-electron chi connectivity index (χ1n) is 5.60. The van der Waals surface area contributed by atoms with Crippen LogP contribution in [0.3, 0.4) is 0 Å². The first kappa shape index (κ1) is 13.8. The van der Waals surface area contributed by atoms with Gasteiger partial charge in [0.2, 0.25) is 0 Å². The lowest BCUT2D eigenvalue weighted by Gasteiger charge is -2.13. The maximum Gasteiger partial charge on any atom is 0.138 e. The fourth-order valence-electron chi connectivity index (χ4n) is 1.58. The molecule has 96 valence electrons. The summed E-state index contributed by atoms with van der Waals surface area (Å²) in [5.74, 6) is 0.687. The zero-order valence-electron chi connectivity index (χ0n) is 10.1. The molecule has 0 radical (unpaired) electrons. The molecule has 5 heteroatoms. The highest BCUT2D eigenvalue weighted by atomic mass is 127. The molecule has 0 aromatic carbocycles. The minimum absolute atomic E-state index is 0.0984. The van der Waals surface area contributed by atoms with Gasteiger partial charge in [-0.1, -0.05) is 0 Å². The Morgan fingerprint density at radius 1 is 1.28 bits per heavy atom. The number of halogens is 1. The van der Waals surface area contributed by atoms with Crippen LogP contribution in [0.15, 0.2) is 29.9 Å². The predicted octanol–water partition coefficient (Wildman–Crippen LogP) is 3.62. The molecule has 2 rings (SSSR count). The van der Waals surface area contributed by atoms with Crippen LogP contribution >= 0.6 is 33.9 Å². The molecule has 2 aromatic rings. The molecule has 0 amide bonds. The summed E-state index contributed by atoms with van der Waals surface area (Å²) in [4.78, 5) is 4.11. The molecule has 0 saturated heterocycles. The van der Waals surface area contributed by atoms with Gasteiger partial charge < -0.3 is 9.84 Å². The smallest absolute Gasteiger partial charge is 0.138 e. The normalized spacial score (nSPS) is 12.7. The monoisotopic (exact) mass is 375 g/mol. The molecule has 0 bridgehead atoms. The highest BCUT2D eigenvalue weighted by molar-refractivity contribution is 14.1. The second kappa shape index (κ2) is 5.99. The molecule has 3 nitrogen and oxygen atoms in total. The zero-order valence-corrected chi connectivity index (χ0v) is 13.1. The third-order valence-electron chi connectivity index (χ3n) is 2.33. The molecule has 2 heterocycles. The minimum Gasteiger partial charge on any atom is -0.489 e. The Kier molecular flexibility index (Phi) is 4.58. The van der Waals surface area contributed by atoms with Gasteiger partial charge in [0.15, 0.2) is 0 Å². The van der Waals surface area contributed by atoms with E-state index < -0.39 is 6.10 Å². The lowest BCUT2D eigenvalue weighted by atomic mass is 10.1. The third-order valence-corrected chi connectivity index (χ3v) is 4.13. The van der Waals surface area contributed by atoms with Crippen LogP contribution in [0.1, 0.15) is 31.1 Å². The van der Waals surface area contributed by atoms with E-state index in [1.807, 2.05) is 31.4 Å². The van der Waals surface area contributed by atoms with E-state index in [0.29, 0.717) is 5.75 Å². The molecule has 18 heavy (non-hydrogen) atoms. The van der Waals surface area contributed by atoms with Crippen molar-refractivity contribution in [3.05, 3.63) is 43.9 Å². The van der Waals surface area contributed by atoms with Crippen LogP contribution in [0.5, 0.6) is 5.75 Å². The predicted molar refractivity (Wildman–Crippen MR) is 81.1 cm³/mol. The molecule has 1 atom stereocenters. The van der Waals surface area contributed by atoms with Gasteiger partial charge in [0.25, 0.3) is 0 Å². The van der Waals surface area contributed by atoms with Crippen LogP contribution in [0.2, 0.25) is 0 Å². The van der Waals surface area contributed by atoms with E-state index in [-0.39, 0.29) is 6.10 Å². The highest BCUT2D eigenvalue weighted by Gasteiger charge is 2.13. The molecule has 0 aliphatic carbocycles. The van der Waals surface area contributed by atoms with Gasteiger partial charge in [-0.15, -0.1) is 11.3 Å². The first-order chi connectivity index (χ1) is 8.56. The van der Waals surface area contributed by atoms with Gasteiger partial charge in [0.05, 0.1) is 15.2 Å². The Bertz CT molecular complexity index is 527. The number of ether oxygens (including phenoxy) is 1. The number of nitrogens with zero attached hydrogens (tertiary/aromatic N) is 1. The quantitative estimate of drug-likeness (QED) is 0.831. The molecule has 0 aliphatic heterocycles. The summed E-state index contributed by atoms with van der Waals surface area (Å²) in [6.45, 7) is 3.93. The molecule has 1 N–H and O–H groups in total. The average molecular weight is 375 g/mol. The van der Waals surface area contributed by atoms with Crippen LogP contribution in [-0.4, -0.2) is 16.2 Å². The van der Waals surface area contributed by atoms with E-state index in [0.717, 1.165) is 14.0 Å². The number of pyridine rings is 1. The van der Waals surface area contributed by atoms with Crippen molar-refractivity contribution in [2.45, 2.75) is 26.1 Å². The van der Waals surface area contributed by atoms with Crippen molar-refractivity contribution in [1.29, 1.82) is 0 Å². The lowest BCUT2D eigenvalue weighted by Crippen LogP contribution is -2.07. The summed E-state index contributed by atoms with van der Waals surface area (Å²) in [6, 6.07) is 3.81. The first-order valence-corrected chi connectivity index (χ1v) is 7.55. The van der Waals surface area contributed by atoms with Gasteiger partial charge in [-0.2, -0.15) is 0 Å². The van der Waals surface area contributed by atoms with Crippen LogP contribution in [-0.2, 0) is 0 Å². The Morgan fingerprint density at radius 3 is 2.67 bits per heavy atom. The maximum absolute atomic E-state index is 10.3. The summed E-state index contributed by atoms with van der Waals surface area (Å²) in [5, 5.41) is 12.2. The molecule has 0 spiro atoms. The van der Waals surface area contributed by atoms with Gasteiger partial charge in [-0.25, -0.2) is 0 Å². The van der Waals surface area contributed by atoms with E-state index in [1.54, 1.807) is 23.7 Å². The molecular formula is C13H14INO2S. The summed E-state index contributed by atoms with van der Waals surface area (Å²) < 4.78 is 6.73. The summed E-state index contributed by atoms with van der Waals surface area (Å²) in [6.07, 6.45) is 2.78. The summed E-state index contributed by atoms with van der Waals surface area (Å²) >= 11 is 3.86. The largest absolute Gasteiger partial charge is 0.489 e. The number of thiophene rings is 1. The van der Waals surface area contributed by atoms with Crippen molar-refractivity contribution in [2.24, 2.45) is 0 Å². The summed E-state index contributed by atoms with van der Waals surface area (Å²) in [5.41, 5.74) is 1.65. The molecular weight excluding hydrogens is 361 g/mol. The van der Waals surface area contributed by atoms with Crippen molar-refractivity contribution < 1.29 is 9.84 Å². The number of hydrogen-bond acceptors (Lipinski definition) is 4. The molecule has 1 unspecified atom stereocenters. The van der Waals surface area contributed by atoms with Gasteiger partial charge in [0.1, 0.15) is 11.9 Å². The molecule has 0 fully saturated rings. The van der Waals surface area contributed by atoms with Crippen LogP contribution in [0.4, 0.5) is 0 Å². The lowest BCUT2D eigenvalue weighted by molar-refractivity contribution is 0.216. The molecule has 2 aromatic heterocycles. The van der Waals surface area contributed by atoms with Gasteiger partial charge in [0, 0.05) is 11.8 Å². The fraction of sp³-hybridized carbons (Fsp3) is 0.308. The SMILES string of the molecule is CC(C)Oc1cncc(C(O)c2csc(I)c2)c1. The topological polar surface area (TPSA) is 42.4 Å².